The number of benzene rings is 2. The van der Waals surface area contributed by atoms with Crippen molar-refractivity contribution in [2.75, 3.05) is 36.9 Å². The molecule has 1 unspecified atom stereocenters. The Morgan fingerprint density at radius 3 is 2.61 bits per heavy atom. The average Bonchev–Trinajstić information content (AvgIpc) is 3.26. The number of ether oxygens (including phenoxy) is 2. The van der Waals surface area contributed by atoms with Gasteiger partial charge in [-0.2, -0.15) is 0 Å². The smallest absolute Gasteiger partial charge is 0.254 e. The molecule has 2 aromatic carbocycles. The molecule has 8 heteroatoms. The maximum atomic E-state index is 13.4. The van der Waals surface area contributed by atoms with Gasteiger partial charge in [0.05, 0.1) is 18.0 Å². The second-order valence-electron chi connectivity index (χ2n) is 8.34. The van der Waals surface area contributed by atoms with Crippen LogP contribution in [0.2, 0.25) is 0 Å². The Labute approximate surface area is 182 Å². The van der Waals surface area contributed by atoms with Crippen LogP contribution in [0.4, 0.5) is 5.69 Å². The molecule has 3 heterocycles. The standard InChI is InChI=1S/C23H26N2O5S/c1-31(27,28)25-11-2-4-16-14-18(6-8-20(16)25)23(26)24-10-3-5-19(24)17-7-9-21-22(15-17)30-13-12-29-21/h6-9,14-15,19H,2-5,10-13H2,1H3. The molecule has 3 aliphatic heterocycles. The number of hydrogen-bond donors (Lipinski definition) is 0. The van der Waals surface area contributed by atoms with Crippen LogP contribution in [0, 0.1) is 0 Å². The van der Waals surface area contributed by atoms with Gasteiger partial charge in [0.1, 0.15) is 13.2 Å². The van der Waals surface area contributed by atoms with Crippen molar-refractivity contribution in [2.45, 2.75) is 31.7 Å². The maximum absolute atomic E-state index is 13.4. The monoisotopic (exact) mass is 442 g/mol. The molecular formula is C23H26N2O5S. The van der Waals surface area contributed by atoms with Crippen LogP contribution in [-0.2, 0) is 16.4 Å². The normalized spacial score (nSPS) is 20.5. The van der Waals surface area contributed by atoms with Crippen LogP contribution in [-0.4, -0.2) is 51.8 Å². The van der Waals surface area contributed by atoms with Gasteiger partial charge < -0.3 is 14.4 Å². The van der Waals surface area contributed by atoms with Crippen LogP contribution in [0.15, 0.2) is 36.4 Å². The summed E-state index contributed by atoms with van der Waals surface area (Å²) in [7, 11) is -3.32. The first-order valence-electron chi connectivity index (χ1n) is 10.7. The van der Waals surface area contributed by atoms with Crippen LogP contribution >= 0.6 is 0 Å². The number of aryl methyl sites for hydroxylation is 1. The molecule has 0 aliphatic carbocycles. The highest BCUT2D eigenvalue weighted by Gasteiger charge is 2.32. The summed E-state index contributed by atoms with van der Waals surface area (Å²) < 4.78 is 37.0. The van der Waals surface area contributed by atoms with Crippen LogP contribution in [0.3, 0.4) is 0 Å². The van der Waals surface area contributed by atoms with E-state index in [0.29, 0.717) is 37.6 Å². The Morgan fingerprint density at radius 1 is 1.00 bits per heavy atom. The summed E-state index contributed by atoms with van der Waals surface area (Å²) in [5.41, 5.74) is 3.27. The largest absolute Gasteiger partial charge is 0.486 e. The minimum absolute atomic E-state index is 0.00752. The van der Waals surface area contributed by atoms with Crippen molar-refractivity contribution >= 4 is 21.6 Å². The average molecular weight is 443 g/mol. The number of carbonyl (C=O) groups excluding carboxylic acids is 1. The van der Waals surface area contributed by atoms with Gasteiger partial charge in [0.15, 0.2) is 11.5 Å². The van der Waals surface area contributed by atoms with Crippen molar-refractivity contribution in [3.8, 4) is 11.5 Å². The molecule has 0 bridgehead atoms. The molecule has 1 amide bonds. The minimum Gasteiger partial charge on any atom is -0.486 e. The van der Waals surface area contributed by atoms with Crippen LogP contribution in [0.1, 0.15) is 46.8 Å². The molecule has 31 heavy (non-hydrogen) atoms. The fourth-order valence-corrected chi connectivity index (χ4v) is 5.83. The summed E-state index contributed by atoms with van der Waals surface area (Å²) in [6.45, 7) is 2.26. The topological polar surface area (TPSA) is 76.2 Å². The number of amides is 1. The van der Waals surface area contributed by atoms with E-state index < -0.39 is 10.0 Å². The Kier molecular flexibility index (Phi) is 5.04. The summed E-state index contributed by atoms with van der Waals surface area (Å²) in [5.74, 6) is 1.46. The van der Waals surface area contributed by atoms with E-state index in [1.807, 2.05) is 29.2 Å². The zero-order valence-electron chi connectivity index (χ0n) is 17.5. The zero-order chi connectivity index (χ0) is 21.6. The van der Waals surface area contributed by atoms with E-state index in [4.69, 9.17) is 9.47 Å². The lowest BCUT2D eigenvalue weighted by atomic mass is 9.99. The number of carbonyl (C=O) groups is 1. The summed E-state index contributed by atoms with van der Waals surface area (Å²) in [6, 6.07) is 11.3. The Balaban J connectivity index is 1.42. The van der Waals surface area contributed by atoms with E-state index in [-0.39, 0.29) is 11.9 Å². The first kappa shape index (κ1) is 20.2. The predicted molar refractivity (Wildman–Crippen MR) is 117 cm³/mol. The lowest BCUT2D eigenvalue weighted by Crippen LogP contribution is -2.35. The highest BCUT2D eigenvalue weighted by Crippen LogP contribution is 2.39. The molecule has 164 valence electrons. The molecule has 5 rings (SSSR count). The van der Waals surface area contributed by atoms with Gasteiger partial charge >= 0.3 is 0 Å². The highest BCUT2D eigenvalue weighted by molar-refractivity contribution is 7.92. The van der Waals surface area contributed by atoms with Gasteiger partial charge in [0.25, 0.3) is 5.91 Å². The van der Waals surface area contributed by atoms with Gasteiger partial charge in [-0.25, -0.2) is 8.42 Å². The van der Waals surface area contributed by atoms with E-state index in [0.717, 1.165) is 48.3 Å². The van der Waals surface area contributed by atoms with E-state index in [1.165, 1.54) is 10.6 Å². The second-order valence-corrected chi connectivity index (χ2v) is 10.2. The summed E-state index contributed by atoms with van der Waals surface area (Å²) in [5, 5.41) is 0. The van der Waals surface area contributed by atoms with Crippen molar-refractivity contribution < 1.29 is 22.7 Å². The molecule has 0 saturated carbocycles. The number of fused-ring (bicyclic) bond motifs is 2. The van der Waals surface area contributed by atoms with Crippen LogP contribution in [0.25, 0.3) is 0 Å². The van der Waals surface area contributed by atoms with Crippen molar-refractivity contribution in [2.24, 2.45) is 0 Å². The zero-order valence-corrected chi connectivity index (χ0v) is 18.4. The summed E-state index contributed by atoms with van der Waals surface area (Å²) in [4.78, 5) is 15.3. The molecule has 0 N–H and O–H groups in total. The number of rotatable bonds is 3. The van der Waals surface area contributed by atoms with Crippen LogP contribution < -0.4 is 13.8 Å². The maximum Gasteiger partial charge on any atom is 0.254 e. The molecule has 2 aromatic rings. The lowest BCUT2D eigenvalue weighted by molar-refractivity contribution is 0.0735. The second kappa shape index (κ2) is 7.75. The first-order valence-corrected chi connectivity index (χ1v) is 12.6. The van der Waals surface area contributed by atoms with Gasteiger partial charge in [0, 0.05) is 18.7 Å². The fraction of sp³-hybridized carbons (Fsp3) is 0.435. The Bertz CT molecular complexity index is 1130. The SMILES string of the molecule is CS(=O)(=O)N1CCCc2cc(C(=O)N3CCCC3c3ccc4c(c3)OCCO4)ccc21. The molecule has 1 atom stereocenters. The van der Waals surface area contributed by atoms with Crippen molar-refractivity contribution in [3.63, 3.8) is 0 Å². The number of anilines is 1. The lowest BCUT2D eigenvalue weighted by Gasteiger charge is -2.30. The Morgan fingerprint density at radius 2 is 1.81 bits per heavy atom. The third kappa shape index (κ3) is 3.73. The first-order chi connectivity index (χ1) is 14.9. The quantitative estimate of drug-likeness (QED) is 0.730. The van der Waals surface area contributed by atoms with Gasteiger partial charge in [-0.3, -0.25) is 9.10 Å². The molecule has 1 fully saturated rings. The van der Waals surface area contributed by atoms with Gasteiger partial charge in [-0.05, 0) is 67.1 Å². The van der Waals surface area contributed by atoms with Crippen molar-refractivity contribution in [1.82, 2.24) is 4.90 Å². The van der Waals surface area contributed by atoms with Crippen molar-refractivity contribution in [3.05, 3.63) is 53.1 Å². The number of nitrogens with zero attached hydrogens (tertiary/aromatic N) is 2. The molecule has 3 aliphatic rings. The predicted octanol–water partition coefficient (Wildman–Crippen LogP) is 3.15. The number of likely N-dealkylation sites (tertiary alicyclic amines) is 1. The molecule has 0 radical (unpaired) electrons. The molecule has 7 nitrogen and oxygen atoms in total. The Hall–Kier alpha value is -2.74. The van der Waals surface area contributed by atoms with E-state index in [2.05, 4.69) is 0 Å². The highest BCUT2D eigenvalue weighted by atomic mass is 32.2. The van der Waals surface area contributed by atoms with Crippen molar-refractivity contribution in [1.29, 1.82) is 0 Å². The summed E-state index contributed by atoms with van der Waals surface area (Å²) >= 11 is 0. The van der Waals surface area contributed by atoms with Gasteiger partial charge in [-0.15, -0.1) is 0 Å². The number of sulfonamides is 1. The van der Waals surface area contributed by atoms with Gasteiger partial charge in [-0.1, -0.05) is 6.07 Å². The van der Waals surface area contributed by atoms with Crippen LogP contribution in [0.5, 0.6) is 11.5 Å². The molecular weight excluding hydrogens is 416 g/mol. The van der Waals surface area contributed by atoms with E-state index in [9.17, 15) is 13.2 Å². The third-order valence-electron chi connectivity index (χ3n) is 6.27. The molecule has 0 spiro atoms. The third-order valence-corrected chi connectivity index (χ3v) is 7.45. The summed E-state index contributed by atoms with van der Waals surface area (Å²) in [6.07, 6.45) is 4.59. The van der Waals surface area contributed by atoms with E-state index in [1.54, 1.807) is 12.1 Å². The fourth-order valence-electron chi connectivity index (χ4n) is 4.83. The molecule has 1 saturated heterocycles. The molecule has 0 aromatic heterocycles. The minimum atomic E-state index is -3.32. The van der Waals surface area contributed by atoms with Gasteiger partial charge in [0.2, 0.25) is 10.0 Å². The number of hydrogen-bond acceptors (Lipinski definition) is 5. The van der Waals surface area contributed by atoms with E-state index >= 15 is 0 Å².